The molecule has 0 atom stereocenters. The summed E-state index contributed by atoms with van der Waals surface area (Å²) < 4.78 is 0. The Bertz CT molecular complexity index is 576. The lowest BCUT2D eigenvalue weighted by molar-refractivity contribution is 0.0696. The highest BCUT2D eigenvalue weighted by Gasteiger charge is 2.16. The summed E-state index contributed by atoms with van der Waals surface area (Å²) in [6.45, 7) is 2.21. The molecule has 4 heteroatoms. The Balaban J connectivity index is 2.51. The van der Waals surface area contributed by atoms with Crippen LogP contribution in [-0.2, 0) is 0 Å². The van der Waals surface area contributed by atoms with Gasteiger partial charge in [-0.25, -0.2) is 9.59 Å². The predicted octanol–water partition coefficient (Wildman–Crippen LogP) is 4.97. The fraction of sp³-hybridized carbons (Fsp3) is 0.500. The number of hydrogen-bond acceptors (Lipinski definition) is 2. The number of hydrogen-bond donors (Lipinski definition) is 2. The Morgan fingerprint density at radius 1 is 0.875 bits per heavy atom. The van der Waals surface area contributed by atoms with Gasteiger partial charge >= 0.3 is 11.9 Å². The highest BCUT2D eigenvalue weighted by atomic mass is 16.4. The van der Waals surface area contributed by atoms with Crippen molar-refractivity contribution in [3.05, 3.63) is 34.9 Å². The van der Waals surface area contributed by atoms with E-state index in [4.69, 9.17) is 0 Å². The molecule has 0 aromatic heterocycles. The SMILES string of the molecule is CCCCCCCCCCC#Cc1c(C(=O)O)cccc1C(=O)O. The number of benzene rings is 1. The first-order valence-corrected chi connectivity index (χ1v) is 8.66. The van der Waals surface area contributed by atoms with Crippen molar-refractivity contribution >= 4 is 11.9 Å². The number of rotatable bonds is 10. The van der Waals surface area contributed by atoms with Crippen LogP contribution in [0.1, 0.15) is 91.0 Å². The number of carboxylic acids is 2. The molecule has 0 saturated heterocycles. The Hall–Kier alpha value is -2.28. The van der Waals surface area contributed by atoms with Crippen LogP contribution in [0.4, 0.5) is 0 Å². The molecule has 1 aromatic rings. The van der Waals surface area contributed by atoms with Crippen molar-refractivity contribution in [3.8, 4) is 11.8 Å². The third kappa shape index (κ3) is 6.87. The van der Waals surface area contributed by atoms with Crippen molar-refractivity contribution in [2.45, 2.75) is 64.7 Å². The van der Waals surface area contributed by atoms with E-state index in [0.717, 1.165) is 12.8 Å². The van der Waals surface area contributed by atoms with Crippen molar-refractivity contribution in [1.29, 1.82) is 0 Å². The largest absolute Gasteiger partial charge is 0.478 e. The normalized spacial score (nSPS) is 10.0. The Morgan fingerprint density at radius 3 is 1.88 bits per heavy atom. The summed E-state index contributed by atoms with van der Waals surface area (Å²) in [5.41, 5.74) is -0.0197. The van der Waals surface area contributed by atoms with Gasteiger partial charge in [0.25, 0.3) is 0 Å². The maximum absolute atomic E-state index is 11.2. The van der Waals surface area contributed by atoms with Gasteiger partial charge < -0.3 is 10.2 Å². The molecule has 1 rings (SSSR count). The van der Waals surface area contributed by atoms with Crippen molar-refractivity contribution in [3.63, 3.8) is 0 Å². The van der Waals surface area contributed by atoms with Crippen LogP contribution in [0.2, 0.25) is 0 Å². The van der Waals surface area contributed by atoms with Crippen molar-refractivity contribution in [2.75, 3.05) is 0 Å². The van der Waals surface area contributed by atoms with E-state index in [1.165, 1.54) is 56.7 Å². The fourth-order valence-electron chi connectivity index (χ4n) is 2.54. The molecule has 130 valence electrons. The molecule has 0 heterocycles. The molecular formula is C20H26O4. The Labute approximate surface area is 143 Å². The maximum Gasteiger partial charge on any atom is 0.336 e. The first-order chi connectivity index (χ1) is 11.6. The minimum atomic E-state index is -1.16. The van der Waals surface area contributed by atoms with Crippen LogP contribution in [0, 0.1) is 11.8 Å². The van der Waals surface area contributed by atoms with Gasteiger partial charge in [0.1, 0.15) is 0 Å². The van der Waals surface area contributed by atoms with Gasteiger partial charge in [0, 0.05) is 6.42 Å². The van der Waals surface area contributed by atoms with Crippen molar-refractivity contribution < 1.29 is 19.8 Å². The molecule has 0 amide bonds. The lowest BCUT2D eigenvalue weighted by Crippen LogP contribution is -2.07. The Morgan fingerprint density at radius 2 is 1.38 bits per heavy atom. The molecule has 0 saturated carbocycles. The molecule has 0 aliphatic rings. The summed E-state index contributed by atoms with van der Waals surface area (Å²) in [7, 11) is 0. The molecule has 0 radical (unpaired) electrons. The zero-order valence-electron chi connectivity index (χ0n) is 14.3. The fourth-order valence-corrected chi connectivity index (χ4v) is 2.54. The highest BCUT2D eigenvalue weighted by molar-refractivity contribution is 5.98. The van der Waals surface area contributed by atoms with E-state index in [1.54, 1.807) is 0 Å². The van der Waals surface area contributed by atoms with Crippen LogP contribution < -0.4 is 0 Å². The molecule has 0 fully saturated rings. The molecule has 0 spiro atoms. The van der Waals surface area contributed by atoms with Gasteiger partial charge in [-0.1, -0.05) is 69.8 Å². The van der Waals surface area contributed by atoms with E-state index in [2.05, 4.69) is 18.8 Å². The zero-order valence-corrected chi connectivity index (χ0v) is 14.3. The molecule has 0 aliphatic heterocycles. The second-order valence-electron chi connectivity index (χ2n) is 5.87. The molecule has 4 nitrogen and oxygen atoms in total. The van der Waals surface area contributed by atoms with Gasteiger partial charge in [-0.3, -0.25) is 0 Å². The van der Waals surface area contributed by atoms with E-state index >= 15 is 0 Å². The summed E-state index contributed by atoms with van der Waals surface area (Å²) in [5.74, 6) is 3.36. The van der Waals surface area contributed by atoms with E-state index in [0.29, 0.717) is 6.42 Å². The van der Waals surface area contributed by atoms with Gasteiger partial charge in [0.05, 0.1) is 16.7 Å². The van der Waals surface area contributed by atoms with E-state index in [1.807, 2.05) is 0 Å². The van der Waals surface area contributed by atoms with Gasteiger partial charge in [-0.2, -0.15) is 0 Å². The van der Waals surface area contributed by atoms with Crippen LogP contribution in [0.15, 0.2) is 18.2 Å². The predicted molar refractivity (Wildman–Crippen MR) is 94.5 cm³/mol. The van der Waals surface area contributed by atoms with Gasteiger partial charge in [-0.05, 0) is 18.6 Å². The summed E-state index contributed by atoms with van der Waals surface area (Å²) >= 11 is 0. The lowest BCUT2D eigenvalue weighted by atomic mass is 10.0. The zero-order chi connectivity index (χ0) is 17.8. The number of carboxylic acid groups (broad SMARTS) is 2. The monoisotopic (exact) mass is 330 g/mol. The smallest absolute Gasteiger partial charge is 0.336 e. The third-order valence-electron chi connectivity index (χ3n) is 3.89. The van der Waals surface area contributed by atoms with Crippen LogP contribution in [0.3, 0.4) is 0 Å². The number of carbonyl (C=O) groups is 2. The van der Waals surface area contributed by atoms with E-state index in [-0.39, 0.29) is 16.7 Å². The summed E-state index contributed by atoms with van der Waals surface area (Å²) in [6.07, 6.45) is 10.3. The molecule has 0 unspecified atom stereocenters. The number of unbranched alkanes of at least 4 members (excludes halogenated alkanes) is 8. The minimum Gasteiger partial charge on any atom is -0.478 e. The molecule has 0 bridgehead atoms. The Kier molecular flexibility index (Phi) is 9.29. The van der Waals surface area contributed by atoms with Gasteiger partial charge in [0.2, 0.25) is 0 Å². The van der Waals surface area contributed by atoms with Crippen LogP contribution in [-0.4, -0.2) is 22.2 Å². The average Bonchev–Trinajstić information content (AvgIpc) is 2.56. The van der Waals surface area contributed by atoms with E-state index in [9.17, 15) is 19.8 Å². The first-order valence-electron chi connectivity index (χ1n) is 8.66. The van der Waals surface area contributed by atoms with Crippen LogP contribution >= 0.6 is 0 Å². The topological polar surface area (TPSA) is 74.6 Å². The molecule has 1 aromatic carbocycles. The molecule has 2 N–H and O–H groups in total. The second kappa shape index (κ2) is 11.3. The summed E-state index contributed by atoms with van der Waals surface area (Å²) in [5, 5.41) is 18.3. The summed E-state index contributed by atoms with van der Waals surface area (Å²) in [4.78, 5) is 22.4. The van der Waals surface area contributed by atoms with Gasteiger partial charge in [-0.15, -0.1) is 0 Å². The van der Waals surface area contributed by atoms with E-state index < -0.39 is 11.9 Å². The molecule has 0 aliphatic carbocycles. The number of aromatic carboxylic acids is 2. The average molecular weight is 330 g/mol. The van der Waals surface area contributed by atoms with Crippen LogP contribution in [0.25, 0.3) is 0 Å². The minimum absolute atomic E-state index is 0.0571. The van der Waals surface area contributed by atoms with Crippen molar-refractivity contribution in [1.82, 2.24) is 0 Å². The van der Waals surface area contributed by atoms with Gasteiger partial charge in [0.15, 0.2) is 0 Å². The quantitative estimate of drug-likeness (QED) is 0.469. The maximum atomic E-state index is 11.2. The first kappa shape index (κ1) is 19.8. The standard InChI is InChI=1S/C20H26O4/c1-2-3-4-5-6-7-8-9-10-11-13-16-17(19(21)22)14-12-15-18(16)20(23)24/h12,14-15H,2-10H2,1H3,(H,21,22)(H,23,24). The molecular weight excluding hydrogens is 304 g/mol. The van der Waals surface area contributed by atoms with Crippen LogP contribution in [0.5, 0.6) is 0 Å². The third-order valence-corrected chi connectivity index (χ3v) is 3.89. The molecule has 24 heavy (non-hydrogen) atoms. The lowest BCUT2D eigenvalue weighted by Gasteiger charge is -2.03. The highest BCUT2D eigenvalue weighted by Crippen LogP contribution is 2.15. The van der Waals surface area contributed by atoms with Crippen molar-refractivity contribution in [2.24, 2.45) is 0 Å². The second-order valence-corrected chi connectivity index (χ2v) is 5.87. The summed E-state index contributed by atoms with van der Waals surface area (Å²) in [6, 6.07) is 4.20.